The van der Waals surface area contributed by atoms with Crippen LogP contribution in [0.15, 0.2) is 54.6 Å². The smallest absolute Gasteiger partial charge is 0.242 e. The number of ether oxygens (including phenoxy) is 1. The Balaban J connectivity index is 0.00000196. The minimum Gasteiger partial charge on any atom is -0.379 e. The molecule has 0 radical (unpaired) electrons. The Labute approximate surface area is 177 Å². The van der Waals surface area contributed by atoms with Crippen molar-refractivity contribution in [1.29, 1.82) is 0 Å². The third-order valence-electron chi connectivity index (χ3n) is 4.58. The van der Waals surface area contributed by atoms with Gasteiger partial charge in [-0.2, -0.15) is 0 Å². The van der Waals surface area contributed by atoms with Gasteiger partial charge in [0.15, 0.2) is 0 Å². The summed E-state index contributed by atoms with van der Waals surface area (Å²) in [6.45, 7) is 2.51. The molecule has 154 valence electrons. The molecule has 1 fully saturated rings. The van der Waals surface area contributed by atoms with E-state index < -0.39 is 6.04 Å². The van der Waals surface area contributed by atoms with Crippen LogP contribution in [0, 0.1) is 5.82 Å². The summed E-state index contributed by atoms with van der Waals surface area (Å²) < 4.78 is 19.7. The normalized spacial score (nSPS) is 16.2. The summed E-state index contributed by atoms with van der Waals surface area (Å²) in [6.07, 6.45) is 0. The predicted octanol–water partition coefficient (Wildman–Crippen LogP) is 2.86. The molecule has 1 heterocycles. The van der Waals surface area contributed by atoms with Gasteiger partial charge in [0, 0.05) is 31.2 Å². The van der Waals surface area contributed by atoms with Gasteiger partial charge in [0.25, 0.3) is 0 Å². The van der Waals surface area contributed by atoms with Crippen LogP contribution in [0.5, 0.6) is 0 Å². The number of carbonyl (C=O) groups excluding carboxylic acids is 1. The minimum atomic E-state index is -0.692. The fraction of sp³-hybridized carbons (Fsp3) is 0.350. The SMILES string of the molecule is Cl.Cl.NC(CNC(=O)C(c1ccccc1F)N1CCOCC1)c1ccccc1. The third-order valence-corrected chi connectivity index (χ3v) is 4.58. The summed E-state index contributed by atoms with van der Waals surface area (Å²) in [4.78, 5) is 14.9. The number of benzene rings is 2. The molecule has 2 aromatic rings. The number of nitrogens with two attached hydrogens (primary N) is 1. The zero-order valence-electron chi connectivity index (χ0n) is 15.4. The Bertz CT molecular complexity index is 730. The highest BCUT2D eigenvalue weighted by Gasteiger charge is 2.31. The van der Waals surface area contributed by atoms with Gasteiger partial charge in [0.1, 0.15) is 11.9 Å². The van der Waals surface area contributed by atoms with Gasteiger partial charge in [-0.05, 0) is 11.6 Å². The Kier molecular flexibility index (Phi) is 10.4. The molecule has 0 aromatic heterocycles. The van der Waals surface area contributed by atoms with Crippen molar-refractivity contribution in [3.63, 3.8) is 0 Å². The van der Waals surface area contributed by atoms with Crippen molar-refractivity contribution in [1.82, 2.24) is 10.2 Å². The Morgan fingerprint density at radius 1 is 1.07 bits per heavy atom. The molecule has 0 aliphatic carbocycles. The van der Waals surface area contributed by atoms with Gasteiger partial charge >= 0.3 is 0 Å². The fourth-order valence-corrected chi connectivity index (χ4v) is 3.16. The van der Waals surface area contributed by atoms with Crippen molar-refractivity contribution >= 4 is 30.7 Å². The molecule has 0 saturated carbocycles. The molecule has 2 atom stereocenters. The van der Waals surface area contributed by atoms with E-state index in [4.69, 9.17) is 10.5 Å². The lowest BCUT2D eigenvalue weighted by Crippen LogP contribution is -2.47. The lowest BCUT2D eigenvalue weighted by molar-refractivity contribution is -0.128. The van der Waals surface area contributed by atoms with Crippen molar-refractivity contribution in [2.75, 3.05) is 32.8 Å². The van der Waals surface area contributed by atoms with E-state index in [9.17, 15) is 9.18 Å². The van der Waals surface area contributed by atoms with Crippen LogP contribution in [0.4, 0.5) is 4.39 Å². The van der Waals surface area contributed by atoms with Gasteiger partial charge in [-0.25, -0.2) is 4.39 Å². The molecule has 2 aromatic carbocycles. The number of amides is 1. The second kappa shape index (κ2) is 12.0. The molecule has 1 aliphatic rings. The van der Waals surface area contributed by atoms with Crippen molar-refractivity contribution in [3.8, 4) is 0 Å². The summed E-state index contributed by atoms with van der Waals surface area (Å²) in [5.74, 6) is -0.630. The van der Waals surface area contributed by atoms with Crippen LogP contribution < -0.4 is 11.1 Å². The second-order valence-corrected chi connectivity index (χ2v) is 6.33. The van der Waals surface area contributed by atoms with E-state index in [1.807, 2.05) is 35.2 Å². The quantitative estimate of drug-likeness (QED) is 0.740. The number of hydrogen-bond acceptors (Lipinski definition) is 4. The first-order valence-corrected chi connectivity index (χ1v) is 8.81. The van der Waals surface area contributed by atoms with Crippen LogP contribution in [0.1, 0.15) is 23.2 Å². The number of halogens is 3. The Morgan fingerprint density at radius 2 is 1.68 bits per heavy atom. The second-order valence-electron chi connectivity index (χ2n) is 6.33. The number of nitrogens with one attached hydrogen (secondary N) is 1. The molecule has 28 heavy (non-hydrogen) atoms. The van der Waals surface area contributed by atoms with Gasteiger partial charge in [0.05, 0.1) is 13.2 Å². The molecular weight excluding hydrogens is 404 g/mol. The fourth-order valence-electron chi connectivity index (χ4n) is 3.16. The molecule has 0 bridgehead atoms. The monoisotopic (exact) mass is 429 g/mol. The van der Waals surface area contributed by atoms with Crippen LogP contribution in [0.25, 0.3) is 0 Å². The Morgan fingerprint density at radius 3 is 2.32 bits per heavy atom. The number of rotatable bonds is 6. The van der Waals surface area contributed by atoms with E-state index in [-0.39, 0.29) is 49.1 Å². The van der Waals surface area contributed by atoms with E-state index in [1.54, 1.807) is 18.2 Å². The summed E-state index contributed by atoms with van der Waals surface area (Å²) in [5, 5.41) is 2.89. The summed E-state index contributed by atoms with van der Waals surface area (Å²) in [5.41, 5.74) is 7.49. The molecule has 1 aliphatic heterocycles. The molecule has 1 amide bonds. The molecule has 0 spiro atoms. The lowest BCUT2D eigenvalue weighted by atomic mass is 10.0. The van der Waals surface area contributed by atoms with Crippen molar-refractivity contribution in [2.24, 2.45) is 5.73 Å². The number of carbonyl (C=O) groups is 1. The predicted molar refractivity (Wildman–Crippen MR) is 112 cm³/mol. The first-order valence-electron chi connectivity index (χ1n) is 8.81. The van der Waals surface area contributed by atoms with Gasteiger partial charge in [-0.3, -0.25) is 9.69 Å². The van der Waals surface area contributed by atoms with E-state index in [0.29, 0.717) is 31.9 Å². The van der Waals surface area contributed by atoms with Crippen LogP contribution in [-0.2, 0) is 9.53 Å². The summed E-state index contributed by atoms with van der Waals surface area (Å²) in [6, 6.07) is 15.0. The van der Waals surface area contributed by atoms with E-state index in [0.717, 1.165) is 5.56 Å². The highest BCUT2D eigenvalue weighted by molar-refractivity contribution is 5.85. The van der Waals surface area contributed by atoms with Crippen LogP contribution in [-0.4, -0.2) is 43.7 Å². The van der Waals surface area contributed by atoms with Gasteiger partial charge in [-0.15, -0.1) is 24.8 Å². The molecule has 2 unspecified atom stereocenters. The molecule has 5 nitrogen and oxygen atoms in total. The maximum Gasteiger partial charge on any atom is 0.242 e. The maximum atomic E-state index is 14.4. The number of hydrogen-bond donors (Lipinski definition) is 2. The Hall–Kier alpha value is -1.70. The van der Waals surface area contributed by atoms with Crippen LogP contribution >= 0.6 is 24.8 Å². The van der Waals surface area contributed by atoms with Crippen LogP contribution in [0.2, 0.25) is 0 Å². The molecule has 8 heteroatoms. The third kappa shape index (κ3) is 6.15. The van der Waals surface area contributed by atoms with E-state index in [1.165, 1.54) is 6.07 Å². The van der Waals surface area contributed by atoms with Gasteiger partial charge in [0.2, 0.25) is 5.91 Å². The largest absolute Gasteiger partial charge is 0.379 e. The molecule has 1 saturated heterocycles. The van der Waals surface area contributed by atoms with Gasteiger partial charge in [-0.1, -0.05) is 48.5 Å². The highest BCUT2D eigenvalue weighted by Crippen LogP contribution is 2.25. The minimum absolute atomic E-state index is 0. The average molecular weight is 430 g/mol. The summed E-state index contributed by atoms with van der Waals surface area (Å²) >= 11 is 0. The van der Waals surface area contributed by atoms with Crippen molar-refractivity contribution in [2.45, 2.75) is 12.1 Å². The van der Waals surface area contributed by atoms with Gasteiger partial charge < -0.3 is 15.8 Å². The molecule has 3 N–H and O–H groups in total. The average Bonchev–Trinajstić information content (AvgIpc) is 2.69. The first kappa shape index (κ1) is 24.3. The first-order chi connectivity index (χ1) is 12.7. The van der Waals surface area contributed by atoms with Crippen molar-refractivity contribution < 1.29 is 13.9 Å². The molecule has 3 rings (SSSR count). The number of nitrogens with zero attached hydrogens (tertiary/aromatic N) is 1. The standard InChI is InChI=1S/C20H24FN3O2.2ClH/c21-17-9-5-4-8-16(17)19(24-10-12-26-13-11-24)20(25)23-14-18(22)15-6-2-1-3-7-15;;/h1-9,18-19H,10-14,22H2,(H,23,25);2*1H. The van der Waals surface area contributed by atoms with E-state index in [2.05, 4.69) is 5.32 Å². The highest BCUT2D eigenvalue weighted by atomic mass is 35.5. The summed E-state index contributed by atoms with van der Waals surface area (Å²) in [7, 11) is 0. The lowest BCUT2D eigenvalue weighted by Gasteiger charge is -2.34. The molecular formula is C20H26Cl2FN3O2. The maximum absolute atomic E-state index is 14.4. The van der Waals surface area contributed by atoms with Crippen LogP contribution in [0.3, 0.4) is 0 Å². The number of morpholine rings is 1. The van der Waals surface area contributed by atoms with E-state index >= 15 is 0 Å². The van der Waals surface area contributed by atoms with Crippen molar-refractivity contribution in [3.05, 3.63) is 71.5 Å². The zero-order valence-corrected chi connectivity index (χ0v) is 17.1. The zero-order chi connectivity index (χ0) is 18.4. The topological polar surface area (TPSA) is 67.6 Å².